The molecule has 12 nitrogen and oxygen atoms in total. The van der Waals surface area contributed by atoms with E-state index in [9.17, 15) is 0 Å². The highest BCUT2D eigenvalue weighted by atomic mass is 15.1. The summed E-state index contributed by atoms with van der Waals surface area (Å²) in [7, 11) is 0. The first-order valence-electron chi connectivity index (χ1n) is 47.7. The Balaban J connectivity index is 0.686. The summed E-state index contributed by atoms with van der Waals surface area (Å²) in [5.41, 5.74) is 33.6. The maximum Gasteiger partial charge on any atom is 0.160 e. The number of hydrogen-bond donors (Lipinski definition) is 0. The van der Waals surface area contributed by atoms with E-state index in [1.807, 2.05) is 12.4 Å². The van der Waals surface area contributed by atoms with Crippen molar-refractivity contribution in [2.45, 2.75) is 0 Å². The van der Waals surface area contributed by atoms with Gasteiger partial charge in [-0.2, -0.15) is 0 Å². The van der Waals surface area contributed by atoms with Gasteiger partial charge in [0.25, 0.3) is 0 Å². The summed E-state index contributed by atoms with van der Waals surface area (Å²) < 4.78 is 19.7. The molecule has 0 spiro atoms. The second kappa shape index (κ2) is 30.2. The van der Waals surface area contributed by atoms with Crippen molar-refractivity contribution in [1.82, 2.24) is 56.5 Å². The Bertz CT molecular complexity index is 9890. The van der Waals surface area contributed by atoms with Crippen LogP contribution in [0.15, 0.2) is 474 Å². The molecule has 30 aromatic rings. The molecule has 12 heteroatoms. The van der Waals surface area contributed by atoms with Gasteiger partial charge < -0.3 is 36.5 Å². The van der Waals surface area contributed by atoms with Crippen molar-refractivity contribution in [1.29, 1.82) is 0 Å². The van der Waals surface area contributed by atoms with Crippen LogP contribution in [0.5, 0.6) is 0 Å². The highest BCUT2D eigenvalue weighted by Crippen LogP contribution is 2.51. The van der Waals surface area contributed by atoms with Gasteiger partial charge >= 0.3 is 0 Å². The molecule has 140 heavy (non-hydrogen) atoms. The molecule has 0 unspecified atom stereocenters. The summed E-state index contributed by atoms with van der Waals surface area (Å²) >= 11 is 0. The van der Waals surface area contributed by atoms with Crippen LogP contribution in [0.1, 0.15) is 0 Å². The summed E-state index contributed by atoms with van der Waals surface area (Å²) in [6.07, 6.45) is 8.08. The number of nitrogens with zero attached hydrogens (tertiary/aromatic N) is 12. The van der Waals surface area contributed by atoms with E-state index in [-0.39, 0.29) is 0 Å². The first-order valence-corrected chi connectivity index (χ1v) is 47.7. The van der Waals surface area contributed by atoms with E-state index < -0.39 is 0 Å². The fraction of sp³-hybridized carbons (Fsp3) is 0. The molecule has 0 N–H and O–H groups in total. The average molecular weight is 1780 g/mol. The second-order valence-electron chi connectivity index (χ2n) is 36.8. The van der Waals surface area contributed by atoms with Crippen LogP contribution < -0.4 is 0 Å². The summed E-state index contributed by atoms with van der Waals surface area (Å²) in [5, 5.41) is 18.6. The lowest BCUT2D eigenvalue weighted by Gasteiger charge is -2.20. The number of rotatable bonds is 13. The first kappa shape index (κ1) is 77.4. The molecule has 11 aromatic heterocycles. The molecule has 0 saturated heterocycles. The molecule has 0 aliphatic rings. The van der Waals surface area contributed by atoms with E-state index in [1.165, 1.54) is 43.1 Å². The monoisotopic (exact) mass is 1780 g/mol. The lowest BCUT2D eigenvalue weighted by molar-refractivity contribution is 1.14. The predicted molar refractivity (Wildman–Crippen MR) is 580 cm³/mol. The zero-order valence-corrected chi connectivity index (χ0v) is 75.4. The Morgan fingerprint density at radius 3 is 0.629 bits per heavy atom. The molecule has 0 atom stereocenters. The van der Waals surface area contributed by atoms with Crippen molar-refractivity contribution in [2.24, 2.45) is 0 Å². The highest BCUT2D eigenvalue weighted by Gasteiger charge is 2.30. The van der Waals surface area contributed by atoms with Crippen molar-refractivity contribution in [3.63, 3.8) is 0 Å². The van der Waals surface area contributed by atoms with Crippen molar-refractivity contribution in [3.05, 3.63) is 474 Å². The van der Waals surface area contributed by atoms with Gasteiger partial charge in [-0.3, -0.25) is 9.97 Å². The zero-order valence-electron chi connectivity index (χ0n) is 75.4. The molecule has 0 aliphatic carbocycles. The fourth-order valence-corrected chi connectivity index (χ4v) is 23.4. The van der Waals surface area contributed by atoms with E-state index in [0.29, 0.717) is 5.82 Å². The number of benzene rings is 19. The van der Waals surface area contributed by atoms with E-state index in [1.54, 1.807) is 0 Å². The number of pyridine rings is 2. The zero-order chi connectivity index (χ0) is 91.5. The molecule has 650 valence electrons. The van der Waals surface area contributed by atoms with Crippen LogP contribution in [0.3, 0.4) is 0 Å². The summed E-state index contributed by atoms with van der Waals surface area (Å²) in [5.74, 6) is 0.577. The van der Waals surface area contributed by atoms with E-state index in [2.05, 4.69) is 498 Å². The molecule has 0 amide bonds. The summed E-state index contributed by atoms with van der Waals surface area (Å²) in [6.45, 7) is 0. The van der Waals surface area contributed by atoms with E-state index >= 15 is 0 Å². The van der Waals surface area contributed by atoms with Crippen LogP contribution in [0, 0.1) is 0 Å². The molecule has 0 saturated carbocycles. The molecule has 0 fully saturated rings. The Hall–Kier alpha value is -19.0. The smallest absolute Gasteiger partial charge is 0.160 e. The minimum absolute atomic E-state index is 0.577. The van der Waals surface area contributed by atoms with Gasteiger partial charge in [-0.05, 0) is 188 Å². The first-order chi connectivity index (χ1) is 69.5. The van der Waals surface area contributed by atoms with Gasteiger partial charge in [-0.25, -0.2) is 9.97 Å². The van der Waals surface area contributed by atoms with Crippen LogP contribution in [0.4, 0.5) is 0 Å². The van der Waals surface area contributed by atoms with Crippen molar-refractivity contribution in [3.8, 4) is 102 Å². The molecule has 30 rings (SSSR count). The average Bonchev–Trinajstić information content (AvgIpc) is 1.55. The molecule has 0 aliphatic heterocycles. The summed E-state index contributed by atoms with van der Waals surface area (Å²) in [6, 6.07) is 165. The van der Waals surface area contributed by atoms with Gasteiger partial charge in [0.15, 0.2) is 5.82 Å². The topological polar surface area (TPSA) is 91.0 Å². The predicted octanol–water partition coefficient (Wildman–Crippen LogP) is 32.4. The largest absolute Gasteiger partial charge is 0.309 e. The minimum atomic E-state index is 0.577. The molecular formula is C128H78N12. The van der Waals surface area contributed by atoms with Gasteiger partial charge in [-0.15, -0.1) is 0 Å². The number of fused-ring (bicyclic) bond motifs is 24. The normalized spacial score (nSPS) is 12.1. The van der Waals surface area contributed by atoms with Gasteiger partial charge in [0.05, 0.1) is 122 Å². The van der Waals surface area contributed by atoms with Crippen molar-refractivity contribution in [2.75, 3.05) is 0 Å². The van der Waals surface area contributed by atoms with Gasteiger partial charge in [-0.1, -0.05) is 261 Å². The Morgan fingerprint density at radius 1 is 0.143 bits per heavy atom. The number of hydrogen-bond acceptors (Lipinski definition) is 4. The third kappa shape index (κ3) is 11.4. The summed E-state index contributed by atoms with van der Waals surface area (Å²) in [4.78, 5) is 22.2. The maximum atomic E-state index is 5.83. The highest BCUT2D eigenvalue weighted by molar-refractivity contribution is 6.25. The van der Waals surface area contributed by atoms with Crippen LogP contribution in [0.2, 0.25) is 0 Å². The Kier molecular flexibility index (Phi) is 16.7. The molecule has 11 heterocycles. The van der Waals surface area contributed by atoms with E-state index in [4.69, 9.17) is 19.9 Å². The maximum absolute atomic E-state index is 5.83. The van der Waals surface area contributed by atoms with Gasteiger partial charge in [0.1, 0.15) is 0 Å². The fourth-order valence-electron chi connectivity index (χ4n) is 23.4. The third-order valence-corrected chi connectivity index (χ3v) is 29.4. The van der Waals surface area contributed by atoms with Crippen molar-refractivity contribution < 1.29 is 0 Å². The Labute approximate surface area is 800 Å². The molecule has 0 radical (unpaired) electrons. The van der Waals surface area contributed by atoms with Crippen LogP contribution >= 0.6 is 0 Å². The molecule has 19 aromatic carbocycles. The quantitative estimate of drug-likeness (QED) is 0.115. The molecule has 0 bridgehead atoms. The molecular weight excluding hydrogens is 1710 g/mol. The third-order valence-electron chi connectivity index (χ3n) is 29.4. The Morgan fingerprint density at radius 2 is 0.364 bits per heavy atom. The van der Waals surface area contributed by atoms with Gasteiger partial charge in [0.2, 0.25) is 0 Å². The van der Waals surface area contributed by atoms with Gasteiger partial charge in [0, 0.05) is 173 Å². The standard InChI is InChI=1S/C128H78N12/c1-6-32-79(33-7-1)128-131-106(80-58-60-116(137-112-54-28-20-46-90(112)100-68-96-86-42-16-24-50-108(86)133(120(96)73-124(100)137)82-34-8-2-9-35-82)94(66-80)104-77-129-64-62-118(104)139-114-56-30-22-48-92(114)102-70-98-88-44-18-26-52-110(88)135(122(98)75-126(102)139)84-38-12-4-13-39-84)72-107(132-128)81-59-61-117(138-113-55-29-21-47-91(113)101-69-97-87-43-17-25-51-109(87)134(121(97)74-125(101)138)83-36-10-3-11-37-83)95(67-81)105-78-130-65-63-119(105)140-115-57-31-23-49-93(115)103-71-99-89-45-19-27-53-111(89)136(123(99)76-127(103)140)85-40-14-5-15-41-85/h1-78H. The van der Waals surface area contributed by atoms with Crippen LogP contribution in [-0.4, -0.2) is 56.5 Å². The van der Waals surface area contributed by atoms with Crippen LogP contribution in [-0.2, 0) is 0 Å². The number of para-hydroxylation sites is 12. The van der Waals surface area contributed by atoms with E-state index in [0.717, 1.165) is 227 Å². The SMILES string of the molecule is c1ccc(-c2nc(-c3ccc(-n4c5ccccc5c5cc6c7ccccc7n(-c7ccccc7)c6cc54)c(-c4cnccc4-n4c5ccccc5c5cc6c7ccccc7n(-c7ccccc7)c6cc54)c3)cc(-c3ccc(-n4c5ccccc5c5cc6c7ccccc7n(-c7ccccc7)c6cc54)c(-c4cnccc4-n4c5ccccc5c5cc6c7ccccc7n(-c7ccccc7)c6cc54)c3)n2)cc1. The minimum Gasteiger partial charge on any atom is -0.309 e. The lowest BCUT2D eigenvalue weighted by Crippen LogP contribution is -2.04. The second-order valence-corrected chi connectivity index (χ2v) is 36.8. The lowest BCUT2D eigenvalue weighted by atomic mass is 9.96. The number of aromatic nitrogens is 12. The van der Waals surface area contributed by atoms with Crippen LogP contribution in [0.25, 0.3) is 276 Å². The van der Waals surface area contributed by atoms with Crippen molar-refractivity contribution >= 4 is 174 Å².